The minimum absolute atomic E-state index is 0.233. The van der Waals surface area contributed by atoms with Crippen LogP contribution in [0.1, 0.15) is 28.4 Å². The van der Waals surface area contributed by atoms with Gasteiger partial charge in [-0.05, 0) is 38.1 Å². The number of aryl methyl sites for hydroxylation is 1. The van der Waals surface area contributed by atoms with Crippen molar-refractivity contribution in [3.05, 3.63) is 64.7 Å². The highest BCUT2D eigenvalue weighted by molar-refractivity contribution is 6.11. The first-order valence-corrected chi connectivity index (χ1v) is 6.26. The zero-order valence-electron chi connectivity index (χ0n) is 11.2. The molecule has 2 aromatic rings. The maximum Gasteiger partial charge on any atom is 0.199 e. The highest BCUT2D eigenvalue weighted by Gasteiger charge is 2.20. The SMILES string of the molecule is CCOc1ccc(C)cc1C(=O)c1cccc(F)c1F. The van der Waals surface area contributed by atoms with Crippen molar-refractivity contribution in [1.82, 2.24) is 0 Å². The highest BCUT2D eigenvalue weighted by atomic mass is 19.2. The van der Waals surface area contributed by atoms with Crippen molar-refractivity contribution in [3.63, 3.8) is 0 Å². The largest absolute Gasteiger partial charge is 0.493 e. The number of halogens is 2. The third kappa shape index (κ3) is 2.69. The third-order valence-electron chi connectivity index (χ3n) is 2.88. The van der Waals surface area contributed by atoms with E-state index in [0.29, 0.717) is 12.4 Å². The molecule has 0 bridgehead atoms. The molecule has 0 fully saturated rings. The number of hydrogen-bond acceptors (Lipinski definition) is 2. The minimum Gasteiger partial charge on any atom is -0.493 e. The van der Waals surface area contributed by atoms with Crippen LogP contribution in [0.15, 0.2) is 36.4 Å². The van der Waals surface area contributed by atoms with Crippen molar-refractivity contribution in [2.24, 2.45) is 0 Å². The van der Waals surface area contributed by atoms with Crippen LogP contribution in [0.4, 0.5) is 8.78 Å². The van der Waals surface area contributed by atoms with Crippen molar-refractivity contribution in [2.75, 3.05) is 6.61 Å². The zero-order chi connectivity index (χ0) is 14.7. The summed E-state index contributed by atoms with van der Waals surface area (Å²) in [7, 11) is 0. The second kappa shape index (κ2) is 5.82. The maximum absolute atomic E-state index is 13.7. The maximum atomic E-state index is 13.7. The Balaban J connectivity index is 2.52. The van der Waals surface area contributed by atoms with E-state index in [0.717, 1.165) is 11.6 Å². The molecule has 0 unspecified atom stereocenters. The summed E-state index contributed by atoms with van der Waals surface area (Å²) in [6, 6.07) is 8.61. The predicted octanol–water partition coefficient (Wildman–Crippen LogP) is 3.90. The van der Waals surface area contributed by atoms with Gasteiger partial charge in [-0.25, -0.2) is 8.78 Å². The van der Waals surface area contributed by atoms with Crippen molar-refractivity contribution in [1.29, 1.82) is 0 Å². The van der Waals surface area contributed by atoms with E-state index in [9.17, 15) is 13.6 Å². The fraction of sp³-hybridized carbons (Fsp3) is 0.188. The van der Waals surface area contributed by atoms with Crippen LogP contribution in [-0.2, 0) is 0 Å². The molecule has 0 atom stereocenters. The lowest BCUT2D eigenvalue weighted by Gasteiger charge is -2.11. The van der Waals surface area contributed by atoms with Gasteiger partial charge in [-0.1, -0.05) is 17.7 Å². The van der Waals surface area contributed by atoms with Crippen LogP contribution < -0.4 is 4.74 Å². The quantitative estimate of drug-likeness (QED) is 0.792. The summed E-state index contributed by atoms with van der Waals surface area (Å²) in [5.74, 6) is -2.40. The summed E-state index contributed by atoms with van der Waals surface area (Å²) in [5.41, 5.74) is 0.779. The fourth-order valence-electron chi connectivity index (χ4n) is 1.93. The van der Waals surface area contributed by atoms with E-state index in [1.54, 1.807) is 25.1 Å². The summed E-state index contributed by atoms with van der Waals surface area (Å²) >= 11 is 0. The number of rotatable bonds is 4. The minimum atomic E-state index is -1.14. The molecule has 2 aromatic carbocycles. The van der Waals surface area contributed by atoms with E-state index >= 15 is 0 Å². The molecule has 0 aliphatic carbocycles. The standard InChI is InChI=1S/C16H14F2O2/c1-3-20-14-8-7-10(2)9-12(14)16(19)11-5-4-6-13(17)15(11)18/h4-9H,3H2,1-2H3. The molecule has 0 saturated carbocycles. The first kappa shape index (κ1) is 14.2. The Morgan fingerprint density at radius 2 is 1.90 bits per heavy atom. The number of carbonyl (C=O) groups is 1. The Hall–Kier alpha value is -2.23. The zero-order valence-corrected chi connectivity index (χ0v) is 11.2. The lowest BCUT2D eigenvalue weighted by molar-refractivity contribution is 0.103. The van der Waals surface area contributed by atoms with E-state index in [1.165, 1.54) is 12.1 Å². The molecular formula is C16H14F2O2. The second-order valence-corrected chi connectivity index (χ2v) is 4.36. The Kier molecular flexibility index (Phi) is 4.13. The van der Waals surface area contributed by atoms with E-state index < -0.39 is 17.4 Å². The number of hydrogen-bond donors (Lipinski definition) is 0. The van der Waals surface area contributed by atoms with Crippen LogP contribution in [0.5, 0.6) is 5.75 Å². The molecule has 4 heteroatoms. The summed E-state index contributed by atoms with van der Waals surface area (Å²) in [6.07, 6.45) is 0. The molecule has 0 saturated heterocycles. The normalized spacial score (nSPS) is 10.4. The smallest absolute Gasteiger partial charge is 0.199 e. The van der Waals surface area contributed by atoms with Crippen LogP contribution in [0.3, 0.4) is 0 Å². The summed E-state index contributed by atoms with van der Waals surface area (Å²) in [6.45, 7) is 3.99. The molecular weight excluding hydrogens is 262 g/mol. The van der Waals surface area contributed by atoms with Crippen LogP contribution in [0, 0.1) is 18.6 Å². The monoisotopic (exact) mass is 276 g/mol. The number of ketones is 1. The van der Waals surface area contributed by atoms with Crippen LogP contribution in [-0.4, -0.2) is 12.4 Å². The molecule has 0 radical (unpaired) electrons. The van der Waals surface area contributed by atoms with Gasteiger partial charge in [0.05, 0.1) is 17.7 Å². The van der Waals surface area contributed by atoms with Gasteiger partial charge in [0.1, 0.15) is 5.75 Å². The lowest BCUT2D eigenvalue weighted by Crippen LogP contribution is -2.09. The van der Waals surface area contributed by atoms with Crippen molar-refractivity contribution < 1.29 is 18.3 Å². The van der Waals surface area contributed by atoms with Gasteiger partial charge >= 0.3 is 0 Å². The van der Waals surface area contributed by atoms with Crippen molar-refractivity contribution in [2.45, 2.75) is 13.8 Å². The van der Waals surface area contributed by atoms with Gasteiger partial charge in [-0.3, -0.25) is 4.79 Å². The Morgan fingerprint density at radius 3 is 2.60 bits per heavy atom. The summed E-state index contributed by atoms with van der Waals surface area (Å²) in [4.78, 5) is 12.4. The highest BCUT2D eigenvalue weighted by Crippen LogP contribution is 2.25. The Morgan fingerprint density at radius 1 is 1.15 bits per heavy atom. The van der Waals surface area contributed by atoms with E-state index in [1.807, 2.05) is 6.92 Å². The fourth-order valence-corrected chi connectivity index (χ4v) is 1.93. The first-order valence-electron chi connectivity index (χ1n) is 6.26. The molecule has 0 aliphatic heterocycles. The number of carbonyl (C=O) groups excluding carboxylic acids is 1. The summed E-state index contributed by atoms with van der Waals surface area (Å²) in [5, 5.41) is 0. The first-order chi connectivity index (χ1) is 9.54. The average molecular weight is 276 g/mol. The molecule has 0 amide bonds. The van der Waals surface area contributed by atoms with E-state index in [-0.39, 0.29) is 11.1 Å². The average Bonchev–Trinajstić information content (AvgIpc) is 2.43. The van der Waals surface area contributed by atoms with Gasteiger partial charge < -0.3 is 4.74 Å². The summed E-state index contributed by atoms with van der Waals surface area (Å²) < 4.78 is 32.3. The molecule has 0 spiro atoms. The van der Waals surface area contributed by atoms with Gasteiger partial charge in [0.2, 0.25) is 0 Å². The molecule has 0 aliphatic rings. The lowest BCUT2D eigenvalue weighted by atomic mass is 10.00. The van der Waals surface area contributed by atoms with Crippen molar-refractivity contribution >= 4 is 5.78 Å². The van der Waals surface area contributed by atoms with Gasteiger partial charge in [0, 0.05) is 0 Å². The Bertz CT molecular complexity index is 651. The molecule has 20 heavy (non-hydrogen) atoms. The molecule has 2 nitrogen and oxygen atoms in total. The molecule has 0 aromatic heterocycles. The molecule has 104 valence electrons. The molecule has 0 N–H and O–H groups in total. The molecule has 2 rings (SSSR count). The third-order valence-corrected chi connectivity index (χ3v) is 2.88. The molecule has 0 heterocycles. The van der Waals surface area contributed by atoms with Crippen LogP contribution in [0.2, 0.25) is 0 Å². The Labute approximate surface area is 116 Å². The van der Waals surface area contributed by atoms with Gasteiger partial charge in [-0.15, -0.1) is 0 Å². The number of ether oxygens (including phenoxy) is 1. The predicted molar refractivity (Wildman–Crippen MR) is 72.1 cm³/mol. The second-order valence-electron chi connectivity index (χ2n) is 4.36. The van der Waals surface area contributed by atoms with Crippen LogP contribution in [0.25, 0.3) is 0 Å². The van der Waals surface area contributed by atoms with Gasteiger partial charge in [0.25, 0.3) is 0 Å². The number of benzene rings is 2. The van der Waals surface area contributed by atoms with Gasteiger partial charge in [-0.2, -0.15) is 0 Å². The topological polar surface area (TPSA) is 26.3 Å². The van der Waals surface area contributed by atoms with Crippen molar-refractivity contribution in [3.8, 4) is 5.75 Å². The van der Waals surface area contributed by atoms with Crippen LogP contribution >= 0.6 is 0 Å². The van der Waals surface area contributed by atoms with E-state index in [2.05, 4.69) is 0 Å². The van der Waals surface area contributed by atoms with Gasteiger partial charge in [0.15, 0.2) is 17.4 Å². The van der Waals surface area contributed by atoms with E-state index in [4.69, 9.17) is 4.74 Å².